The van der Waals surface area contributed by atoms with Crippen molar-refractivity contribution in [2.75, 3.05) is 11.9 Å². The van der Waals surface area contributed by atoms with Crippen LogP contribution in [0.3, 0.4) is 0 Å². The molecule has 2 aromatic carbocycles. The Morgan fingerprint density at radius 3 is 2.50 bits per heavy atom. The lowest BCUT2D eigenvalue weighted by Gasteiger charge is -2.27. The van der Waals surface area contributed by atoms with Gasteiger partial charge >= 0.3 is 6.03 Å². The molecule has 0 aliphatic carbocycles. The van der Waals surface area contributed by atoms with Gasteiger partial charge in [0.2, 0.25) is 5.91 Å². The van der Waals surface area contributed by atoms with E-state index >= 15 is 0 Å². The Morgan fingerprint density at radius 2 is 1.84 bits per heavy atom. The van der Waals surface area contributed by atoms with Gasteiger partial charge in [0.25, 0.3) is 11.7 Å². The molecule has 0 bridgehead atoms. The predicted octanol–water partition coefficient (Wildman–Crippen LogP) is 4.72. The number of nitrogens with zero attached hydrogens (tertiary/aromatic N) is 1. The molecule has 4 amide bonds. The van der Waals surface area contributed by atoms with E-state index in [-0.39, 0.29) is 28.8 Å². The highest BCUT2D eigenvalue weighted by Crippen LogP contribution is 2.35. The highest BCUT2D eigenvalue weighted by Gasteiger charge is 2.52. The zero-order chi connectivity index (χ0) is 23.3. The summed E-state index contributed by atoms with van der Waals surface area (Å²) in [6, 6.07) is 10.6. The lowest BCUT2D eigenvalue weighted by Crippen LogP contribution is -2.44. The number of halogens is 3. The van der Waals surface area contributed by atoms with Gasteiger partial charge in [-0.05, 0) is 36.2 Å². The standard InChI is InChI=1S/C22H22F3N3O3S/c1-2-3-12-22(14-8-10-15(23)11-9-14)19(30)28(21(31)27-22)13-18(29)26-16-6-4-5-7-17(16)32-20(24)25/h4-11,20H,2-3,12-13H2,1H3,(H,26,29)(H,27,31). The van der Waals surface area contributed by atoms with Crippen molar-refractivity contribution in [3.05, 3.63) is 59.9 Å². The fraction of sp³-hybridized carbons (Fsp3) is 0.318. The van der Waals surface area contributed by atoms with Crippen LogP contribution >= 0.6 is 11.8 Å². The molecule has 2 N–H and O–H groups in total. The van der Waals surface area contributed by atoms with Gasteiger partial charge in [-0.25, -0.2) is 9.18 Å². The van der Waals surface area contributed by atoms with Crippen LogP contribution in [0.25, 0.3) is 0 Å². The summed E-state index contributed by atoms with van der Waals surface area (Å²) in [6.45, 7) is 1.34. The number of imide groups is 1. The molecule has 1 aliphatic rings. The van der Waals surface area contributed by atoms with Crippen molar-refractivity contribution >= 4 is 35.3 Å². The number of nitrogens with one attached hydrogen (secondary N) is 2. The second-order valence-corrected chi connectivity index (χ2v) is 8.29. The largest absolute Gasteiger partial charge is 0.325 e. The summed E-state index contributed by atoms with van der Waals surface area (Å²) in [6.07, 6.45) is 1.65. The minimum atomic E-state index is -2.67. The summed E-state index contributed by atoms with van der Waals surface area (Å²) in [5.74, 6) is -4.48. The van der Waals surface area contributed by atoms with Crippen LogP contribution in [0.1, 0.15) is 31.7 Å². The highest BCUT2D eigenvalue weighted by molar-refractivity contribution is 7.99. The van der Waals surface area contributed by atoms with E-state index in [9.17, 15) is 27.6 Å². The Balaban J connectivity index is 1.80. The number of unbranched alkanes of at least 4 members (excludes halogenated alkanes) is 1. The predicted molar refractivity (Wildman–Crippen MR) is 115 cm³/mol. The van der Waals surface area contributed by atoms with Crippen LogP contribution in [0.2, 0.25) is 0 Å². The van der Waals surface area contributed by atoms with Gasteiger partial charge in [-0.15, -0.1) is 0 Å². The van der Waals surface area contributed by atoms with Gasteiger partial charge < -0.3 is 10.6 Å². The zero-order valence-corrected chi connectivity index (χ0v) is 18.1. The van der Waals surface area contributed by atoms with Crippen molar-refractivity contribution in [2.24, 2.45) is 0 Å². The molecule has 1 unspecified atom stereocenters. The van der Waals surface area contributed by atoms with Gasteiger partial charge in [0, 0.05) is 4.90 Å². The monoisotopic (exact) mass is 465 g/mol. The molecule has 2 aromatic rings. The SMILES string of the molecule is CCCCC1(c2ccc(F)cc2)NC(=O)N(CC(=O)Nc2ccccc2SC(F)F)C1=O. The summed E-state index contributed by atoms with van der Waals surface area (Å²) in [5.41, 5.74) is -0.817. The molecule has 32 heavy (non-hydrogen) atoms. The average Bonchev–Trinajstić information content (AvgIpc) is 2.99. The van der Waals surface area contributed by atoms with Crippen molar-refractivity contribution in [2.45, 2.75) is 42.4 Å². The third kappa shape index (κ3) is 5.07. The van der Waals surface area contributed by atoms with Crippen molar-refractivity contribution in [1.82, 2.24) is 10.2 Å². The molecule has 0 aromatic heterocycles. The number of benzene rings is 2. The van der Waals surface area contributed by atoms with Crippen LogP contribution in [-0.2, 0) is 15.1 Å². The van der Waals surface area contributed by atoms with Crippen LogP contribution in [0, 0.1) is 5.82 Å². The van der Waals surface area contributed by atoms with Crippen molar-refractivity contribution in [3.63, 3.8) is 0 Å². The summed E-state index contributed by atoms with van der Waals surface area (Å²) in [5, 5.41) is 5.16. The number of alkyl halides is 2. The maximum atomic E-state index is 13.4. The Hall–Kier alpha value is -3.01. The third-order valence-corrected chi connectivity index (χ3v) is 5.89. The number of urea groups is 1. The van der Waals surface area contributed by atoms with Crippen LogP contribution in [0.15, 0.2) is 53.4 Å². The Bertz CT molecular complexity index is 1000. The van der Waals surface area contributed by atoms with Crippen LogP contribution in [0.4, 0.5) is 23.7 Å². The summed E-state index contributed by atoms with van der Waals surface area (Å²) >= 11 is 0.280. The molecular formula is C22H22F3N3O3S. The molecule has 1 aliphatic heterocycles. The first-order chi connectivity index (χ1) is 15.3. The molecule has 0 radical (unpaired) electrons. The van der Waals surface area contributed by atoms with E-state index in [0.29, 0.717) is 12.0 Å². The molecule has 10 heteroatoms. The molecule has 3 rings (SSSR count). The lowest BCUT2D eigenvalue weighted by molar-refractivity contribution is -0.134. The second kappa shape index (κ2) is 10.1. The fourth-order valence-corrected chi connectivity index (χ4v) is 4.15. The Labute approximate surface area is 187 Å². The van der Waals surface area contributed by atoms with Crippen molar-refractivity contribution in [3.8, 4) is 0 Å². The number of anilines is 1. The summed E-state index contributed by atoms with van der Waals surface area (Å²) in [7, 11) is 0. The number of thioether (sulfide) groups is 1. The maximum Gasteiger partial charge on any atom is 0.325 e. The maximum absolute atomic E-state index is 13.4. The first-order valence-corrected chi connectivity index (χ1v) is 10.9. The fourth-order valence-electron chi connectivity index (χ4n) is 3.56. The first-order valence-electron chi connectivity index (χ1n) is 10.0. The van der Waals surface area contributed by atoms with Crippen LogP contribution in [-0.4, -0.2) is 35.0 Å². The first kappa shape index (κ1) is 23.6. The van der Waals surface area contributed by atoms with E-state index in [0.717, 1.165) is 11.3 Å². The smallest absolute Gasteiger partial charge is 0.324 e. The summed E-state index contributed by atoms with van der Waals surface area (Å²) in [4.78, 5) is 39.5. The second-order valence-electron chi connectivity index (χ2n) is 7.26. The van der Waals surface area contributed by atoms with Gasteiger partial charge in [-0.2, -0.15) is 8.78 Å². The van der Waals surface area contributed by atoms with Crippen LogP contribution in [0.5, 0.6) is 0 Å². The topological polar surface area (TPSA) is 78.5 Å². The van der Waals surface area contributed by atoms with E-state index in [1.165, 1.54) is 36.4 Å². The highest BCUT2D eigenvalue weighted by atomic mass is 32.2. The molecule has 0 spiro atoms. The van der Waals surface area contributed by atoms with E-state index in [1.807, 2.05) is 6.92 Å². The Morgan fingerprint density at radius 1 is 1.16 bits per heavy atom. The molecule has 6 nitrogen and oxygen atoms in total. The molecule has 1 atom stereocenters. The van der Waals surface area contributed by atoms with Crippen LogP contribution < -0.4 is 10.6 Å². The number of carbonyl (C=O) groups excluding carboxylic acids is 3. The molecule has 1 heterocycles. The number of amides is 4. The van der Waals surface area contributed by atoms with E-state index in [2.05, 4.69) is 10.6 Å². The van der Waals surface area contributed by atoms with E-state index in [4.69, 9.17) is 0 Å². The molecule has 1 saturated heterocycles. The quantitative estimate of drug-likeness (QED) is 0.415. The summed E-state index contributed by atoms with van der Waals surface area (Å²) < 4.78 is 38.9. The number of para-hydroxylation sites is 1. The van der Waals surface area contributed by atoms with E-state index in [1.54, 1.807) is 12.1 Å². The molecular weight excluding hydrogens is 443 g/mol. The zero-order valence-electron chi connectivity index (χ0n) is 17.2. The van der Waals surface area contributed by atoms with Crippen molar-refractivity contribution < 1.29 is 27.6 Å². The number of rotatable bonds is 9. The molecule has 170 valence electrons. The number of hydrogen-bond acceptors (Lipinski definition) is 4. The average molecular weight is 465 g/mol. The van der Waals surface area contributed by atoms with Gasteiger partial charge in [-0.1, -0.05) is 55.8 Å². The van der Waals surface area contributed by atoms with Gasteiger partial charge in [0.1, 0.15) is 17.9 Å². The Kier molecular flexibility index (Phi) is 7.44. The van der Waals surface area contributed by atoms with Crippen molar-refractivity contribution in [1.29, 1.82) is 0 Å². The normalized spacial score (nSPS) is 18.2. The number of hydrogen-bond donors (Lipinski definition) is 2. The third-order valence-electron chi connectivity index (χ3n) is 5.10. The van der Waals surface area contributed by atoms with E-state index < -0.39 is 41.5 Å². The molecule has 1 fully saturated rings. The van der Waals surface area contributed by atoms with Gasteiger partial charge in [-0.3, -0.25) is 14.5 Å². The molecule has 0 saturated carbocycles. The minimum Gasteiger partial charge on any atom is -0.324 e. The van der Waals surface area contributed by atoms with Gasteiger partial charge in [0.15, 0.2) is 0 Å². The lowest BCUT2D eigenvalue weighted by atomic mass is 9.85. The minimum absolute atomic E-state index is 0.158. The number of carbonyl (C=O) groups is 3. The van der Waals surface area contributed by atoms with Gasteiger partial charge in [0.05, 0.1) is 5.69 Å².